The Kier molecular flexibility index (Phi) is 5.93. The summed E-state index contributed by atoms with van der Waals surface area (Å²) in [5.74, 6) is 0.803. The molecule has 0 bridgehead atoms. The van der Waals surface area contributed by atoms with Crippen LogP contribution in [0.5, 0.6) is 11.5 Å². The van der Waals surface area contributed by atoms with Crippen molar-refractivity contribution in [3.63, 3.8) is 0 Å². The molecule has 1 aliphatic heterocycles. The quantitative estimate of drug-likeness (QED) is 0.557. The Balaban J connectivity index is 2.00. The molecule has 0 fully saturated rings. The first-order chi connectivity index (χ1) is 15.3. The van der Waals surface area contributed by atoms with E-state index in [0.717, 1.165) is 39.7 Å². The first-order valence-electron chi connectivity index (χ1n) is 10.2. The molecule has 0 amide bonds. The zero-order chi connectivity index (χ0) is 22.9. The maximum absolute atomic E-state index is 14.0. The van der Waals surface area contributed by atoms with E-state index in [1.807, 2.05) is 43.3 Å². The predicted molar refractivity (Wildman–Crippen MR) is 125 cm³/mol. The van der Waals surface area contributed by atoms with E-state index in [4.69, 9.17) is 9.47 Å². The summed E-state index contributed by atoms with van der Waals surface area (Å²) in [6.45, 7) is 2.32. The number of nitrogens with one attached hydrogen (secondary N) is 1. The lowest BCUT2D eigenvalue weighted by Crippen LogP contribution is -2.09. The molecule has 5 nitrogen and oxygen atoms in total. The zero-order valence-corrected chi connectivity index (χ0v) is 18.9. The minimum absolute atomic E-state index is 0.277. The van der Waals surface area contributed by atoms with Gasteiger partial charge < -0.3 is 9.47 Å². The van der Waals surface area contributed by atoms with Crippen molar-refractivity contribution in [3.8, 4) is 11.5 Å². The molecule has 3 aromatic rings. The van der Waals surface area contributed by atoms with Crippen LogP contribution in [0.4, 0.5) is 10.1 Å². The van der Waals surface area contributed by atoms with Crippen molar-refractivity contribution in [1.29, 1.82) is 0 Å². The molecule has 0 aliphatic carbocycles. The van der Waals surface area contributed by atoms with Crippen molar-refractivity contribution in [2.75, 3.05) is 18.1 Å². The molecule has 0 spiro atoms. The number of ether oxygens (including phenoxy) is 2. The molecule has 0 saturated carbocycles. The van der Waals surface area contributed by atoms with Crippen LogP contribution in [0, 0.1) is 5.82 Å². The molecule has 0 atom stereocenters. The number of hydrogen-bond acceptors (Lipinski definition) is 4. The number of rotatable bonds is 5. The molecular weight excluding hydrogens is 429 g/mol. The topological polar surface area (TPSA) is 64.6 Å². The second-order valence-electron chi connectivity index (χ2n) is 7.61. The minimum atomic E-state index is -3.41. The molecule has 0 radical (unpaired) electrons. The molecule has 7 heteroatoms. The predicted octanol–water partition coefficient (Wildman–Crippen LogP) is 5.47. The summed E-state index contributed by atoms with van der Waals surface area (Å²) in [4.78, 5) is 0. The van der Waals surface area contributed by atoms with Gasteiger partial charge in [0.2, 0.25) is 10.0 Å². The third-order valence-electron chi connectivity index (χ3n) is 5.35. The summed E-state index contributed by atoms with van der Waals surface area (Å²) in [5.41, 5.74) is 5.95. The van der Waals surface area contributed by atoms with Crippen LogP contribution < -0.4 is 14.2 Å². The summed E-state index contributed by atoms with van der Waals surface area (Å²) in [7, 11) is -1.80. The van der Waals surface area contributed by atoms with E-state index >= 15 is 0 Å². The second-order valence-corrected chi connectivity index (χ2v) is 9.36. The second kappa shape index (κ2) is 8.67. The van der Waals surface area contributed by atoms with Gasteiger partial charge in [-0.25, -0.2) is 12.8 Å². The molecule has 1 heterocycles. The Morgan fingerprint density at radius 1 is 1.09 bits per heavy atom. The van der Waals surface area contributed by atoms with Crippen LogP contribution in [0.2, 0.25) is 0 Å². The number of fused-ring (bicyclic) bond motifs is 2. The van der Waals surface area contributed by atoms with E-state index in [9.17, 15) is 12.8 Å². The fourth-order valence-corrected chi connectivity index (χ4v) is 4.57. The number of benzene rings is 3. The molecule has 0 aromatic heterocycles. The lowest BCUT2D eigenvalue weighted by molar-refractivity contribution is 0.304. The molecule has 4 rings (SSSR count). The van der Waals surface area contributed by atoms with Gasteiger partial charge in [0.05, 0.1) is 13.4 Å². The molecular formula is C25H24FNO4S. The van der Waals surface area contributed by atoms with Gasteiger partial charge in [-0.2, -0.15) is 0 Å². The van der Waals surface area contributed by atoms with Crippen molar-refractivity contribution < 1.29 is 22.3 Å². The van der Waals surface area contributed by atoms with Crippen LogP contribution >= 0.6 is 0 Å². The maximum Gasteiger partial charge on any atom is 0.229 e. The van der Waals surface area contributed by atoms with Crippen molar-refractivity contribution in [2.45, 2.75) is 20.0 Å². The summed E-state index contributed by atoms with van der Waals surface area (Å²) in [5, 5.41) is 0. The standard InChI is InChI=1S/C25H24FNO4S/c1-4-21(16-6-5-7-19(12-16)27-32(3,28)29)25-22-11-9-20(30-2)13-17(22)15-31-24-14-18(26)8-10-23(24)25/h5-14,27H,4,15H2,1-3H3. The smallest absolute Gasteiger partial charge is 0.229 e. The number of anilines is 1. The SMILES string of the molecule is CCC(=C1c2ccc(OC)cc2COc2cc(F)ccc21)c1cccc(NS(C)(=O)=O)c1. The lowest BCUT2D eigenvalue weighted by Gasteiger charge is -2.18. The van der Waals surface area contributed by atoms with Gasteiger partial charge >= 0.3 is 0 Å². The lowest BCUT2D eigenvalue weighted by atomic mass is 9.86. The molecule has 166 valence electrons. The van der Waals surface area contributed by atoms with E-state index in [1.54, 1.807) is 19.2 Å². The fraction of sp³-hybridized carbons (Fsp3) is 0.200. The third-order valence-corrected chi connectivity index (χ3v) is 5.95. The third kappa shape index (κ3) is 4.48. The Labute approximate surface area is 187 Å². The van der Waals surface area contributed by atoms with Gasteiger partial charge in [-0.1, -0.05) is 25.1 Å². The van der Waals surface area contributed by atoms with Crippen LogP contribution in [0.25, 0.3) is 11.1 Å². The van der Waals surface area contributed by atoms with Crippen molar-refractivity contribution >= 4 is 26.9 Å². The number of methoxy groups -OCH3 is 1. The Bertz CT molecular complexity index is 1320. The molecule has 32 heavy (non-hydrogen) atoms. The van der Waals surface area contributed by atoms with E-state index in [-0.39, 0.29) is 12.4 Å². The van der Waals surface area contributed by atoms with Gasteiger partial charge in [0.1, 0.15) is 23.9 Å². The Morgan fingerprint density at radius 2 is 1.88 bits per heavy atom. The van der Waals surface area contributed by atoms with Crippen LogP contribution in [-0.2, 0) is 16.6 Å². The van der Waals surface area contributed by atoms with Crippen LogP contribution in [0.3, 0.4) is 0 Å². The van der Waals surface area contributed by atoms with E-state index < -0.39 is 10.0 Å². The highest BCUT2D eigenvalue weighted by molar-refractivity contribution is 7.92. The average molecular weight is 454 g/mol. The van der Waals surface area contributed by atoms with Crippen LogP contribution in [-0.4, -0.2) is 21.8 Å². The monoisotopic (exact) mass is 453 g/mol. The zero-order valence-electron chi connectivity index (χ0n) is 18.1. The van der Waals surface area contributed by atoms with Gasteiger partial charge in [0, 0.05) is 22.9 Å². The number of sulfonamides is 1. The average Bonchev–Trinajstić information content (AvgIpc) is 2.90. The van der Waals surface area contributed by atoms with Crippen LogP contribution in [0.1, 0.15) is 35.6 Å². The first kappa shape index (κ1) is 21.9. The molecule has 0 unspecified atom stereocenters. The number of allylic oxidation sites excluding steroid dienone is 1. The Hall–Kier alpha value is -3.32. The number of hydrogen-bond donors (Lipinski definition) is 1. The summed E-state index contributed by atoms with van der Waals surface area (Å²) in [6.07, 6.45) is 1.79. The van der Waals surface area contributed by atoms with Crippen molar-refractivity contribution in [3.05, 3.63) is 88.7 Å². The molecule has 3 aromatic carbocycles. The largest absolute Gasteiger partial charge is 0.497 e. The normalized spacial score (nSPS) is 14.5. The molecule has 1 N–H and O–H groups in total. The fourth-order valence-electron chi connectivity index (χ4n) is 4.02. The van der Waals surface area contributed by atoms with E-state index in [0.29, 0.717) is 23.6 Å². The van der Waals surface area contributed by atoms with Crippen molar-refractivity contribution in [1.82, 2.24) is 0 Å². The van der Waals surface area contributed by atoms with Gasteiger partial charge in [-0.05, 0) is 65.1 Å². The highest BCUT2D eigenvalue weighted by Gasteiger charge is 2.24. The maximum atomic E-state index is 14.0. The van der Waals surface area contributed by atoms with Gasteiger partial charge in [-0.15, -0.1) is 0 Å². The van der Waals surface area contributed by atoms with Gasteiger partial charge in [-0.3, -0.25) is 4.72 Å². The highest BCUT2D eigenvalue weighted by Crippen LogP contribution is 2.43. The van der Waals surface area contributed by atoms with Gasteiger partial charge in [0.25, 0.3) is 0 Å². The summed E-state index contributed by atoms with van der Waals surface area (Å²) < 4.78 is 51.4. The van der Waals surface area contributed by atoms with Gasteiger partial charge in [0.15, 0.2) is 0 Å². The summed E-state index contributed by atoms with van der Waals surface area (Å²) >= 11 is 0. The molecule has 1 aliphatic rings. The number of halogens is 1. The van der Waals surface area contributed by atoms with E-state index in [1.165, 1.54) is 12.1 Å². The highest BCUT2D eigenvalue weighted by atomic mass is 32.2. The molecule has 0 saturated heterocycles. The first-order valence-corrected chi connectivity index (χ1v) is 12.1. The van der Waals surface area contributed by atoms with E-state index in [2.05, 4.69) is 4.72 Å². The summed E-state index contributed by atoms with van der Waals surface area (Å²) in [6, 6.07) is 17.6. The Morgan fingerprint density at radius 3 is 2.59 bits per heavy atom. The van der Waals surface area contributed by atoms with Crippen LogP contribution in [0.15, 0.2) is 60.7 Å². The van der Waals surface area contributed by atoms with Crippen molar-refractivity contribution in [2.24, 2.45) is 0 Å². The minimum Gasteiger partial charge on any atom is -0.497 e.